The van der Waals surface area contributed by atoms with Gasteiger partial charge in [0.1, 0.15) is 0 Å². The fourth-order valence-corrected chi connectivity index (χ4v) is 3.19. The van der Waals surface area contributed by atoms with Crippen LogP contribution in [0.2, 0.25) is 0 Å². The number of aliphatic hydroxyl groups is 1. The van der Waals surface area contributed by atoms with Crippen molar-refractivity contribution in [2.75, 3.05) is 6.54 Å². The topological polar surface area (TPSA) is 46.2 Å². The molecule has 3 N–H and O–H groups in total. The molecule has 1 unspecified atom stereocenters. The molecule has 0 saturated heterocycles. The SMILES string of the molecule is CCC(CC)C(O)C1(CN)CCC(C)CC1. The number of hydrogen-bond acceptors (Lipinski definition) is 2. The normalized spacial score (nSPS) is 33.0. The summed E-state index contributed by atoms with van der Waals surface area (Å²) in [5.41, 5.74) is 5.99. The van der Waals surface area contributed by atoms with Gasteiger partial charge in [0, 0.05) is 12.0 Å². The van der Waals surface area contributed by atoms with E-state index in [-0.39, 0.29) is 11.5 Å². The number of nitrogens with two attached hydrogens (primary N) is 1. The molecule has 1 rings (SSSR count). The maximum atomic E-state index is 10.6. The van der Waals surface area contributed by atoms with Crippen LogP contribution in [0.5, 0.6) is 0 Å². The molecule has 96 valence electrons. The van der Waals surface area contributed by atoms with Gasteiger partial charge in [-0.3, -0.25) is 0 Å². The second kappa shape index (κ2) is 6.02. The molecule has 0 bridgehead atoms. The lowest BCUT2D eigenvalue weighted by atomic mass is 9.64. The Kier molecular flexibility index (Phi) is 5.26. The van der Waals surface area contributed by atoms with E-state index in [1.807, 2.05) is 0 Å². The van der Waals surface area contributed by atoms with E-state index in [9.17, 15) is 5.11 Å². The summed E-state index contributed by atoms with van der Waals surface area (Å²) in [5, 5.41) is 10.6. The predicted octanol–water partition coefficient (Wildman–Crippen LogP) is 2.94. The van der Waals surface area contributed by atoms with Gasteiger partial charge in [-0.15, -0.1) is 0 Å². The Balaban J connectivity index is 2.71. The van der Waals surface area contributed by atoms with Crippen molar-refractivity contribution in [3.8, 4) is 0 Å². The monoisotopic (exact) mass is 227 g/mol. The number of aliphatic hydroxyl groups excluding tert-OH is 1. The molecule has 0 aromatic rings. The van der Waals surface area contributed by atoms with Crippen molar-refractivity contribution in [1.82, 2.24) is 0 Å². The highest BCUT2D eigenvalue weighted by Crippen LogP contribution is 2.43. The van der Waals surface area contributed by atoms with Crippen molar-refractivity contribution in [3.63, 3.8) is 0 Å². The maximum absolute atomic E-state index is 10.6. The number of hydrogen-bond donors (Lipinski definition) is 2. The molecule has 1 aliphatic carbocycles. The van der Waals surface area contributed by atoms with Crippen molar-refractivity contribution < 1.29 is 5.11 Å². The lowest BCUT2D eigenvalue weighted by Gasteiger charge is -2.44. The van der Waals surface area contributed by atoms with Crippen molar-refractivity contribution in [2.45, 2.75) is 65.4 Å². The van der Waals surface area contributed by atoms with Crippen LogP contribution in [-0.2, 0) is 0 Å². The minimum atomic E-state index is -0.194. The number of rotatable bonds is 5. The highest BCUT2D eigenvalue weighted by Gasteiger charge is 2.41. The molecule has 1 aliphatic rings. The summed E-state index contributed by atoms with van der Waals surface area (Å²) in [6, 6.07) is 0. The van der Waals surface area contributed by atoms with Gasteiger partial charge in [0.25, 0.3) is 0 Å². The zero-order chi connectivity index (χ0) is 12.2. The van der Waals surface area contributed by atoms with Gasteiger partial charge in [0.05, 0.1) is 6.10 Å². The van der Waals surface area contributed by atoms with Gasteiger partial charge in [-0.1, -0.05) is 46.5 Å². The lowest BCUT2D eigenvalue weighted by Crippen LogP contribution is -2.47. The molecule has 0 heterocycles. The lowest BCUT2D eigenvalue weighted by molar-refractivity contribution is -0.0453. The first-order valence-electron chi connectivity index (χ1n) is 6.97. The van der Waals surface area contributed by atoms with Crippen molar-refractivity contribution in [2.24, 2.45) is 23.0 Å². The molecular weight excluding hydrogens is 198 g/mol. The van der Waals surface area contributed by atoms with Crippen molar-refractivity contribution in [1.29, 1.82) is 0 Å². The minimum absolute atomic E-state index is 0.0171. The van der Waals surface area contributed by atoms with Crippen LogP contribution in [0.15, 0.2) is 0 Å². The standard InChI is InChI=1S/C14H29NO/c1-4-12(5-2)13(16)14(10-15)8-6-11(3)7-9-14/h11-13,16H,4-10,15H2,1-3H3. The first-order chi connectivity index (χ1) is 7.59. The largest absolute Gasteiger partial charge is 0.392 e. The first-order valence-corrected chi connectivity index (χ1v) is 6.97. The highest BCUT2D eigenvalue weighted by molar-refractivity contribution is 4.93. The molecule has 0 aromatic carbocycles. The Morgan fingerprint density at radius 2 is 1.75 bits per heavy atom. The van der Waals surface area contributed by atoms with E-state index < -0.39 is 0 Å². The summed E-state index contributed by atoms with van der Waals surface area (Å²) >= 11 is 0. The second-order valence-corrected chi connectivity index (χ2v) is 5.77. The first kappa shape index (κ1) is 14.0. The molecule has 1 fully saturated rings. The van der Waals surface area contributed by atoms with E-state index in [4.69, 9.17) is 5.73 Å². The minimum Gasteiger partial charge on any atom is -0.392 e. The molecule has 0 aromatic heterocycles. The van der Waals surface area contributed by atoms with Crippen molar-refractivity contribution in [3.05, 3.63) is 0 Å². The predicted molar refractivity (Wildman–Crippen MR) is 69.2 cm³/mol. The Morgan fingerprint density at radius 1 is 1.25 bits per heavy atom. The van der Waals surface area contributed by atoms with E-state index in [2.05, 4.69) is 20.8 Å². The van der Waals surface area contributed by atoms with Gasteiger partial charge in [-0.05, 0) is 24.7 Å². The highest BCUT2D eigenvalue weighted by atomic mass is 16.3. The van der Waals surface area contributed by atoms with Crippen LogP contribution in [0.3, 0.4) is 0 Å². The van der Waals surface area contributed by atoms with Crippen LogP contribution in [0.1, 0.15) is 59.3 Å². The molecule has 0 radical (unpaired) electrons. The summed E-state index contributed by atoms with van der Waals surface area (Å²) in [6.45, 7) is 7.31. The third-order valence-corrected chi connectivity index (χ3v) is 4.80. The average Bonchev–Trinajstić information content (AvgIpc) is 2.32. The van der Waals surface area contributed by atoms with E-state index in [1.54, 1.807) is 0 Å². The van der Waals surface area contributed by atoms with E-state index in [0.29, 0.717) is 12.5 Å². The quantitative estimate of drug-likeness (QED) is 0.758. The van der Waals surface area contributed by atoms with Crippen LogP contribution in [-0.4, -0.2) is 17.8 Å². The van der Waals surface area contributed by atoms with Crippen LogP contribution in [0.4, 0.5) is 0 Å². The Bertz CT molecular complexity index is 193. The van der Waals surface area contributed by atoms with Crippen molar-refractivity contribution >= 4 is 0 Å². The summed E-state index contributed by atoms with van der Waals surface area (Å²) < 4.78 is 0. The van der Waals surface area contributed by atoms with Crippen LogP contribution in [0.25, 0.3) is 0 Å². The zero-order valence-corrected chi connectivity index (χ0v) is 11.2. The van der Waals surface area contributed by atoms with E-state index in [1.165, 1.54) is 12.8 Å². The van der Waals surface area contributed by atoms with E-state index in [0.717, 1.165) is 31.6 Å². The molecule has 0 spiro atoms. The molecule has 0 aliphatic heterocycles. The van der Waals surface area contributed by atoms with Gasteiger partial charge in [-0.2, -0.15) is 0 Å². The maximum Gasteiger partial charge on any atom is 0.0636 e. The van der Waals surface area contributed by atoms with Crippen LogP contribution in [0, 0.1) is 17.3 Å². The smallest absolute Gasteiger partial charge is 0.0636 e. The summed E-state index contributed by atoms with van der Waals surface area (Å²) in [4.78, 5) is 0. The van der Waals surface area contributed by atoms with Gasteiger partial charge in [-0.25, -0.2) is 0 Å². The Labute approximate surface area is 101 Å². The second-order valence-electron chi connectivity index (χ2n) is 5.77. The molecule has 2 nitrogen and oxygen atoms in total. The fourth-order valence-electron chi connectivity index (χ4n) is 3.19. The Morgan fingerprint density at radius 3 is 2.12 bits per heavy atom. The molecule has 0 amide bonds. The Hall–Kier alpha value is -0.0800. The third-order valence-electron chi connectivity index (χ3n) is 4.80. The molecular formula is C14H29NO. The fraction of sp³-hybridized carbons (Fsp3) is 1.00. The zero-order valence-electron chi connectivity index (χ0n) is 11.2. The molecule has 2 heteroatoms. The van der Waals surface area contributed by atoms with Gasteiger partial charge >= 0.3 is 0 Å². The van der Waals surface area contributed by atoms with Gasteiger partial charge < -0.3 is 10.8 Å². The molecule has 1 saturated carbocycles. The summed E-state index contributed by atoms with van der Waals surface area (Å²) in [5.74, 6) is 1.24. The van der Waals surface area contributed by atoms with Gasteiger partial charge in [0.2, 0.25) is 0 Å². The van der Waals surface area contributed by atoms with E-state index >= 15 is 0 Å². The summed E-state index contributed by atoms with van der Waals surface area (Å²) in [7, 11) is 0. The van der Waals surface area contributed by atoms with Gasteiger partial charge in [0.15, 0.2) is 0 Å². The van der Waals surface area contributed by atoms with Crippen LogP contribution >= 0.6 is 0 Å². The molecule has 1 atom stereocenters. The molecule has 16 heavy (non-hydrogen) atoms. The average molecular weight is 227 g/mol. The van der Waals surface area contributed by atoms with Crippen LogP contribution < -0.4 is 5.73 Å². The summed E-state index contributed by atoms with van der Waals surface area (Å²) in [6.07, 6.45) is 6.62. The third kappa shape index (κ3) is 2.78.